The smallest absolute Gasteiger partial charge is 0.0399 e. The zero-order valence-electron chi connectivity index (χ0n) is 11.1. The first-order chi connectivity index (χ1) is 8.27. The highest BCUT2D eigenvalue weighted by Crippen LogP contribution is 2.27. The van der Waals surface area contributed by atoms with Gasteiger partial charge in [0.15, 0.2) is 0 Å². The molecule has 0 unspecified atom stereocenters. The number of hydrogen-bond acceptors (Lipinski definition) is 2. The SMILES string of the molecule is CC(C)CNCCCN1CCc2ccccc21. The van der Waals surface area contributed by atoms with Crippen molar-refractivity contribution >= 4 is 5.69 Å². The topological polar surface area (TPSA) is 15.3 Å². The molecule has 0 saturated carbocycles. The highest BCUT2D eigenvalue weighted by molar-refractivity contribution is 5.57. The number of hydrogen-bond donors (Lipinski definition) is 1. The van der Waals surface area contributed by atoms with Crippen molar-refractivity contribution in [3.63, 3.8) is 0 Å². The molecule has 1 aromatic carbocycles. The Balaban J connectivity index is 1.71. The minimum absolute atomic E-state index is 0.752. The first-order valence-corrected chi connectivity index (χ1v) is 6.81. The molecular weight excluding hydrogens is 208 g/mol. The number of nitrogens with one attached hydrogen (secondary N) is 1. The molecule has 1 aromatic rings. The van der Waals surface area contributed by atoms with Crippen LogP contribution in [-0.4, -0.2) is 26.2 Å². The van der Waals surface area contributed by atoms with Gasteiger partial charge in [0.25, 0.3) is 0 Å². The molecule has 2 rings (SSSR count). The fourth-order valence-corrected chi connectivity index (χ4v) is 2.42. The van der Waals surface area contributed by atoms with Crippen molar-refractivity contribution < 1.29 is 0 Å². The highest BCUT2D eigenvalue weighted by Gasteiger charge is 2.16. The predicted octanol–water partition coefficient (Wildman–Crippen LogP) is 2.68. The predicted molar refractivity (Wildman–Crippen MR) is 74.7 cm³/mol. The van der Waals surface area contributed by atoms with Crippen molar-refractivity contribution in [2.24, 2.45) is 5.92 Å². The standard InChI is InChI=1S/C15H24N2/c1-13(2)12-16-9-5-10-17-11-8-14-6-3-4-7-15(14)17/h3-4,6-7,13,16H,5,8-12H2,1-2H3. The number of fused-ring (bicyclic) bond motifs is 1. The van der Waals surface area contributed by atoms with Crippen LogP contribution in [-0.2, 0) is 6.42 Å². The molecule has 0 amide bonds. The van der Waals surface area contributed by atoms with E-state index in [0.29, 0.717) is 0 Å². The molecule has 1 aliphatic rings. The molecule has 0 radical (unpaired) electrons. The maximum Gasteiger partial charge on any atom is 0.0399 e. The van der Waals surface area contributed by atoms with E-state index in [1.54, 1.807) is 0 Å². The van der Waals surface area contributed by atoms with Gasteiger partial charge in [-0.15, -0.1) is 0 Å². The number of rotatable bonds is 6. The van der Waals surface area contributed by atoms with Gasteiger partial charge in [-0.1, -0.05) is 32.0 Å². The van der Waals surface area contributed by atoms with Gasteiger partial charge >= 0.3 is 0 Å². The van der Waals surface area contributed by atoms with Crippen LogP contribution in [0, 0.1) is 5.92 Å². The maximum absolute atomic E-state index is 3.51. The fourth-order valence-electron chi connectivity index (χ4n) is 2.42. The molecule has 0 fully saturated rings. The van der Waals surface area contributed by atoms with Crippen molar-refractivity contribution in [2.45, 2.75) is 26.7 Å². The Morgan fingerprint density at radius 1 is 1.29 bits per heavy atom. The van der Waals surface area contributed by atoms with Crippen molar-refractivity contribution in [1.82, 2.24) is 5.32 Å². The van der Waals surface area contributed by atoms with Gasteiger partial charge in [0, 0.05) is 18.8 Å². The summed E-state index contributed by atoms with van der Waals surface area (Å²) in [5, 5.41) is 3.51. The summed E-state index contributed by atoms with van der Waals surface area (Å²) in [7, 11) is 0. The van der Waals surface area contributed by atoms with E-state index in [-0.39, 0.29) is 0 Å². The third-order valence-electron chi connectivity index (χ3n) is 3.32. The molecule has 17 heavy (non-hydrogen) atoms. The molecule has 0 bridgehead atoms. The van der Waals surface area contributed by atoms with Crippen LogP contribution in [0.1, 0.15) is 25.8 Å². The number of anilines is 1. The summed E-state index contributed by atoms with van der Waals surface area (Å²) in [6.45, 7) is 9.16. The van der Waals surface area contributed by atoms with Crippen LogP contribution in [0.2, 0.25) is 0 Å². The monoisotopic (exact) mass is 232 g/mol. The molecule has 1 heterocycles. The van der Waals surface area contributed by atoms with E-state index in [1.165, 1.54) is 37.2 Å². The van der Waals surface area contributed by atoms with Gasteiger partial charge < -0.3 is 10.2 Å². The molecule has 0 saturated heterocycles. The van der Waals surface area contributed by atoms with Gasteiger partial charge in [-0.2, -0.15) is 0 Å². The van der Waals surface area contributed by atoms with Crippen molar-refractivity contribution in [3.05, 3.63) is 29.8 Å². The summed E-state index contributed by atoms with van der Waals surface area (Å²) in [6, 6.07) is 8.80. The zero-order chi connectivity index (χ0) is 12.1. The van der Waals surface area contributed by atoms with Crippen LogP contribution in [0.15, 0.2) is 24.3 Å². The average Bonchev–Trinajstić information content (AvgIpc) is 2.72. The van der Waals surface area contributed by atoms with Crippen LogP contribution >= 0.6 is 0 Å². The zero-order valence-corrected chi connectivity index (χ0v) is 11.1. The Kier molecular flexibility index (Phi) is 4.43. The van der Waals surface area contributed by atoms with Gasteiger partial charge in [0.05, 0.1) is 0 Å². The molecule has 0 spiro atoms. The number of benzene rings is 1. The lowest BCUT2D eigenvalue weighted by Crippen LogP contribution is -2.27. The highest BCUT2D eigenvalue weighted by atomic mass is 15.1. The second kappa shape index (κ2) is 6.06. The van der Waals surface area contributed by atoms with E-state index in [1.807, 2.05) is 0 Å². The van der Waals surface area contributed by atoms with E-state index in [0.717, 1.165) is 19.0 Å². The maximum atomic E-state index is 3.51. The molecule has 0 aliphatic carbocycles. The second-order valence-corrected chi connectivity index (χ2v) is 5.32. The van der Waals surface area contributed by atoms with Crippen molar-refractivity contribution in [2.75, 3.05) is 31.1 Å². The Morgan fingerprint density at radius 3 is 2.94 bits per heavy atom. The van der Waals surface area contributed by atoms with E-state index in [9.17, 15) is 0 Å². The van der Waals surface area contributed by atoms with Crippen LogP contribution in [0.4, 0.5) is 5.69 Å². The summed E-state index contributed by atoms with van der Waals surface area (Å²) >= 11 is 0. The first-order valence-electron chi connectivity index (χ1n) is 6.81. The Labute approximate surface area is 105 Å². The van der Waals surface area contributed by atoms with Gasteiger partial charge in [-0.3, -0.25) is 0 Å². The number of nitrogens with zero attached hydrogens (tertiary/aromatic N) is 1. The van der Waals surface area contributed by atoms with Crippen molar-refractivity contribution in [3.8, 4) is 0 Å². The van der Waals surface area contributed by atoms with Gasteiger partial charge in [0.2, 0.25) is 0 Å². The van der Waals surface area contributed by atoms with E-state index >= 15 is 0 Å². The number of para-hydroxylation sites is 1. The summed E-state index contributed by atoms with van der Waals surface area (Å²) in [5.41, 5.74) is 2.97. The van der Waals surface area contributed by atoms with E-state index in [4.69, 9.17) is 0 Å². The Morgan fingerprint density at radius 2 is 2.12 bits per heavy atom. The lowest BCUT2D eigenvalue weighted by Gasteiger charge is -2.19. The molecule has 0 aromatic heterocycles. The molecule has 1 N–H and O–H groups in total. The molecule has 1 aliphatic heterocycles. The van der Waals surface area contributed by atoms with E-state index in [2.05, 4.69) is 48.3 Å². The normalized spacial score (nSPS) is 14.4. The summed E-state index contributed by atoms with van der Waals surface area (Å²) < 4.78 is 0. The largest absolute Gasteiger partial charge is 0.371 e. The second-order valence-electron chi connectivity index (χ2n) is 5.32. The quantitative estimate of drug-likeness (QED) is 0.759. The van der Waals surface area contributed by atoms with Crippen molar-refractivity contribution in [1.29, 1.82) is 0 Å². The summed E-state index contributed by atoms with van der Waals surface area (Å²) in [5.74, 6) is 0.752. The molecule has 2 heteroatoms. The van der Waals surface area contributed by atoms with Crippen LogP contribution in [0.25, 0.3) is 0 Å². The Bertz CT molecular complexity index is 347. The van der Waals surface area contributed by atoms with Crippen LogP contribution in [0.5, 0.6) is 0 Å². The first kappa shape index (κ1) is 12.4. The third kappa shape index (κ3) is 3.47. The van der Waals surface area contributed by atoms with Gasteiger partial charge in [0.1, 0.15) is 0 Å². The van der Waals surface area contributed by atoms with Gasteiger partial charge in [-0.05, 0) is 43.5 Å². The minimum Gasteiger partial charge on any atom is -0.371 e. The van der Waals surface area contributed by atoms with Gasteiger partial charge in [-0.25, -0.2) is 0 Å². The van der Waals surface area contributed by atoms with E-state index < -0.39 is 0 Å². The minimum atomic E-state index is 0.752. The van der Waals surface area contributed by atoms with Crippen LogP contribution in [0.3, 0.4) is 0 Å². The summed E-state index contributed by atoms with van der Waals surface area (Å²) in [6.07, 6.45) is 2.46. The summed E-state index contributed by atoms with van der Waals surface area (Å²) in [4.78, 5) is 2.52. The average molecular weight is 232 g/mol. The lowest BCUT2D eigenvalue weighted by atomic mass is 10.2. The fraction of sp³-hybridized carbons (Fsp3) is 0.600. The Hall–Kier alpha value is -1.02. The molecule has 2 nitrogen and oxygen atoms in total. The lowest BCUT2D eigenvalue weighted by molar-refractivity contribution is 0.542. The molecule has 0 atom stereocenters. The molecular formula is C15H24N2. The molecule has 94 valence electrons. The third-order valence-corrected chi connectivity index (χ3v) is 3.32. The van der Waals surface area contributed by atoms with Crippen LogP contribution < -0.4 is 10.2 Å².